The van der Waals surface area contributed by atoms with Gasteiger partial charge in [0.25, 0.3) is 11.5 Å². The Balaban J connectivity index is 1.93. The minimum absolute atomic E-state index is 0.0420. The van der Waals surface area contributed by atoms with Crippen molar-refractivity contribution in [2.75, 3.05) is 11.9 Å². The lowest BCUT2D eigenvalue weighted by molar-refractivity contribution is -0.111. The van der Waals surface area contributed by atoms with Crippen LogP contribution in [-0.4, -0.2) is 28.2 Å². The Kier molecular flexibility index (Phi) is 3.61. The molecule has 1 aliphatic rings. The number of aryl methyl sites for hydroxylation is 1. The summed E-state index contributed by atoms with van der Waals surface area (Å²) in [4.78, 5) is 46.3. The van der Waals surface area contributed by atoms with Gasteiger partial charge in [0.05, 0.1) is 12.1 Å². The van der Waals surface area contributed by atoms with Crippen molar-refractivity contribution in [3.8, 4) is 0 Å². The predicted octanol–water partition coefficient (Wildman–Crippen LogP) is -0.296. The summed E-state index contributed by atoms with van der Waals surface area (Å²) in [6.07, 6.45) is 0. The molecule has 0 bridgehead atoms. The molecule has 3 rings (SSSR count). The van der Waals surface area contributed by atoms with Crippen LogP contribution in [0.5, 0.6) is 0 Å². The Morgan fingerprint density at radius 2 is 1.91 bits per heavy atom. The van der Waals surface area contributed by atoms with Crippen molar-refractivity contribution in [1.82, 2.24) is 9.97 Å². The summed E-state index contributed by atoms with van der Waals surface area (Å²) in [5.41, 5.74) is 1.13. The number of aromatic amines is 1. The minimum Gasteiger partial charge on any atom is -0.322 e. The topological polar surface area (TPSA) is 104 Å². The van der Waals surface area contributed by atoms with E-state index in [1.165, 1.54) is 6.92 Å². The van der Waals surface area contributed by atoms with Crippen LogP contribution in [0.1, 0.15) is 23.1 Å². The van der Waals surface area contributed by atoms with Gasteiger partial charge in [-0.05, 0) is 38.1 Å². The molecule has 0 unspecified atom stereocenters. The van der Waals surface area contributed by atoms with Crippen molar-refractivity contribution in [3.05, 3.63) is 56.7 Å². The summed E-state index contributed by atoms with van der Waals surface area (Å²) < 4.78 is 0. The summed E-state index contributed by atoms with van der Waals surface area (Å²) in [5, 5.41) is 3.24. The van der Waals surface area contributed by atoms with E-state index in [4.69, 9.17) is 0 Å². The highest BCUT2D eigenvalue weighted by atomic mass is 16.2. The number of nitrogens with zero attached hydrogens (tertiary/aromatic N) is 2. The van der Waals surface area contributed by atoms with Crippen LogP contribution >= 0.6 is 0 Å². The first kappa shape index (κ1) is 14.8. The van der Waals surface area contributed by atoms with Gasteiger partial charge in [0, 0.05) is 11.3 Å². The standard InChI is InChI=1S/C16H14N4O3/c1-8(21)10-3-5-11(6-4-10)20-15(22)12-7-17-14-13(12)18-9(2)19-16(14)23/h3-6H,7H2,1-2H3,(H,20,22)(H,18,19,23). The first-order valence-electron chi connectivity index (χ1n) is 7.02. The Hall–Kier alpha value is -3.09. The average molecular weight is 310 g/mol. The van der Waals surface area contributed by atoms with E-state index < -0.39 is 0 Å². The number of carbonyl (C=O) groups is 2. The summed E-state index contributed by atoms with van der Waals surface area (Å²) in [7, 11) is 0. The molecule has 0 spiro atoms. The third kappa shape index (κ3) is 2.80. The molecule has 1 aromatic carbocycles. The van der Waals surface area contributed by atoms with E-state index >= 15 is 0 Å². The molecular weight excluding hydrogens is 296 g/mol. The SMILES string of the molecule is CC(=O)c1ccc(NC(=O)C2=c3nc(C)[nH]c(=O)c3=NC2)cc1. The third-order valence-corrected chi connectivity index (χ3v) is 3.52. The van der Waals surface area contributed by atoms with Gasteiger partial charge in [-0.25, -0.2) is 4.98 Å². The molecule has 23 heavy (non-hydrogen) atoms. The van der Waals surface area contributed by atoms with Crippen LogP contribution in [-0.2, 0) is 4.79 Å². The fraction of sp³-hybridized carbons (Fsp3) is 0.188. The first-order chi connectivity index (χ1) is 11.0. The van der Waals surface area contributed by atoms with Gasteiger partial charge in [0.1, 0.15) is 16.5 Å². The number of nitrogens with one attached hydrogen (secondary N) is 2. The quantitative estimate of drug-likeness (QED) is 0.760. The molecule has 0 radical (unpaired) electrons. The van der Waals surface area contributed by atoms with Crippen molar-refractivity contribution in [1.29, 1.82) is 0 Å². The number of anilines is 1. The lowest BCUT2D eigenvalue weighted by Crippen LogP contribution is -2.43. The zero-order valence-electron chi connectivity index (χ0n) is 12.6. The number of rotatable bonds is 3. The summed E-state index contributed by atoms with van der Waals surface area (Å²) in [6, 6.07) is 6.59. The molecule has 1 aliphatic heterocycles. The van der Waals surface area contributed by atoms with Crippen LogP contribution < -0.4 is 21.6 Å². The monoisotopic (exact) mass is 310 g/mol. The maximum Gasteiger partial charge on any atom is 0.276 e. The number of benzene rings is 1. The Bertz CT molecular complexity index is 987. The number of fused-ring (bicyclic) bond motifs is 1. The van der Waals surface area contributed by atoms with Gasteiger partial charge >= 0.3 is 0 Å². The Morgan fingerprint density at radius 3 is 2.57 bits per heavy atom. The maximum absolute atomic E-state index is 12.4. The largest absolute Gasteiger partial charge is 0.322 e. The van der Waals surface area contributed by atoms with Gasteiger partial charge < -0.3 is 10.3 Å². The second-order valence-electron chi connectivity index (χ2n) is 5.23. The van der Waals surface area contributed by atoms with E-state index in [9.17, 15) is 14.4 Å². The molecule has 7 heteroatoms. The highest BCUT2D eigenvalue weighted by molar-refractivity contribution is 6.20. The van der Waals surface area contributed by atoms with E-state index in [0.29, 0.717) is 28.0 Å². The highest BCUT2D eigenvalue weighted by Crippen LogP contribution is 2.11. The normalized spacial score (nSPS) is 12.5. The van der Waals surface area contributed by atoms with Gasteiger partial charge in [-0.1, -0.05) is 0 Å². The summed E-state index contributed by atoms with van der Waals surface area (Å²) in [6.45, 7) is 3.24. The van der Waals surface area contributed by atoms with Crippen LogP contribution in [0.4, 0.5) is 5.69 Å². The molecule has 0 saturated heterocycles. The average Bonchev–Trinajstić information content (AvgIpc) is 2.91. The second kappa shape index (κ2) is 5.60. The molecule has 0 saturated carbocycles. The van der Waals surface area contributed by atoms with Crippen molar-refractivity contribution >= 4 is 23.0 Å². The number of hydrogen-bond donors (Lipinski definition) is 2. The molecule has 1 amide bonds. The molecule has 0 fully saturated rings. The molecule has 0 aliphatic carbocycles. The van der Waals surface area contributed by atoms with Crippen molar-refractivity contribution in [3.63, 3.8) is 0 Å². The lowest BCUT2D eigenvalue weighted by Gasteiger charge is -2.06. The van der Waals surface area contributed by atoms with Gasteiger partial charge in [0.15, 0.2) is 5.78 Å². The molecule has 1 aromatic heterocycles. The number of hydrogen-bond acceptors (Lipinski definition) is 5. The number of aromatic nitrogens is 2. The Morgan fingerprint density at radius 1 is 1.22 bits per heavy atom. The van der Waals surface area contributed by atoms with E-state index in [1.54, 1.807) is 31.2 Å². The number of Topliss-reactive ketones (excluding diaryl/α,β-unsaturated/α-hetero) is 1. The molecule has 2 aromatic rings. The van der Waals surface area contributed by atoms with Crippen LogP contribution in [0, 0.1) is 6.92 Å². The molecular formula is C16H14N4O3. The van der Waals surface area contributed by atoms with Crippen molar-refractivity contribution in [2.45, 2.75) is 13.8 Å². The summed E-state index contributed by atoms with van der Waals surface area (Å²) in [5.74, 6) is 0.0298. The van der Waals surface area contributed by atoms with Crippen molar-refractivity contribution in [2.24, 2.45) is 4.99 Å². The highest BCUT2D eigenvalue weighted by Gasteiger charge is 2.18. The van der Waals surface area contributed by atoms with Gasteiger partial charge in [-0.2, -0.15) is 0 Å². The van der Waals surface area contributed by atoms with Crippen LogP contribution in [0.15, 0.2) is 34.1 Å². The summed E-state index contributed by atoms with van der Waals surface area (Å²) >= 11 is 0. The van der Waals surface area contributed by atoms with E-state index in [-0.39, 0.29) is 29.2 Å². The Labute approximate surface area is 130 Å². The van der Waals surface area contributed by atoms with Crippen LogP contribution in [0.3, 0.4) is 0 Å². The smallest absolute Gasteiger partial charge is 0.276 e. The molecule has 7 nitrogen and oxygen atoms in total. The zero-order chi connectivity index (χ0) is 16.6. The van der Waals surface area contributed by atoms with E-state index in [1.807, 2.05) is 0 Å². The van der Waals surface area contributed by atoms with E-state index in [0.717, 1.165) is 0 Å². The molecule has 2 N–H and O–H groups in total. The predicted molar refractivity (Wildman–Crippen MR) is 83.7 cm³/mol. The van der Waals surface area contributed by atoms with Gasteiger partial charge in [-0.3, -0.25) is 19.4 Å². The fourth-order valence-electron chi connectivity index (χ4n) is 2.34. The maximum atomic E-state index is 12.4. The number of ketones is 1. The van der Waals surface area contributed by atoms with Crippen LogP contribution in [0.2, 0.25) is 0 Å². The number of H-pyrrole nitrogens is 1. The fourth-order valence-corrected chi connectivity index (χ4v) is 2.34. The molecule has 2 heterocycles. The lowest BCUT2D eigenvalue weighted by atomic mass is 10.1. The number of carbonyl (C=O) groups excluding carboxylic acids is 2. The zero-order valence-corrected chi connectivity index (χ0v) is 12.6. The molecule has 0 atom stereocenters. The van der Waals surface area contributed by atoms with Gasteiger partial charge in [0.2, 0.25) is 0 Å². The van der Waals surface area contributed by atoms with Gasteiger partial charge in [-0.15, -0.1) is 0 Å². The van der Waals surface area contributed by atoms with Crippen LogP contribution in [0.25, 0.3) is 5.57 Å². The second-order valence-corrected chi connectivity index (χ2v) is 5.23. The molecule has 116 valence electrons. The number of amides is 1. The first-order valence-corrected chi connectivity index (χ1v) is 7.02. The van der Waals surface area contributed by atoms with E-state index in [2.05, 4.69) is 20.3 Å². The van der Waals surface area contributed by atoms with Crippen molar-refractivity contribution < 1.29 is 9.59 Å². The minimum atomic E-state index is -0.361. The third-order valence-electron chi connectivity index (χ3n) is 3.52.